The maximum absolute atomic E-state index is 12.0. The van der Waals surface area contributed by atoms with Crippen LogP contribution in [0.1, 0.15) is 30.5 Å². The van der Waals surface area contributed by atoms with E-state index in [1.807, 2.05) is 5.38 Å². The summed E-state index contributed by atoms with van der Waals surface area (Å²) < 4.78 is 5.07. The Morgan fingerprint density at radius 2 is 2.24 bits per heavy atom. The van der Waals surface area contributed by atoms with Crippen LogP contribution in [-0.4, -0.2) is 18.0 Å². The van der Waals surface area contributed by atoms with Crippen molar-refractivity contribution in [2.75, 3.05) is 12.4 Å². The van der Waals surface area contributed by atoms with Crippen molar-refractivity contribution in [3.8, 4) is 5.75 Å². The van der Waals surface area contributed by atoms with Gasteiger partial charge in [-0.25, -0.2) is 4.98 Å². The molecule has 0 saturated heterocycles. The second-order valence-corrected chi connectivity index (χ2v) is 6.20. The van der Waals surface area contributed by atoms with Crippen molar-refractivity contribution in [3.63, 3.8) is 0 Å². The lowest BCUT2D eigenvalue weighted by Crippen LogP contribution is -2.14. The first kappa shape index (κ1) is 15.8. The number of aromatic nitrogens is 1. The first-order valence-corrected chi connectivity index (χ1v) is 7.83. The zero-order valence-electron chi connectivity index (χ0n) is 12.1. The molecule has 0 spiro atoms. The maximum Gasteiger partial charge on any atom is 0.230 e. The van der Waals surface area contributed by atoms with Gasteiger partial charge in [-0.3, -0.25) is 4.79 Å². The number of ether oxygens (including phenoxy) is 1. The van der Waals surface area contributed by atoms with Crippen molar-refractivity contribution >= 4 is 34.5 Å². The molecule has 0 bridgehead atoms. The van der Waals surface area contributed by atoms with Gasteiger partial charge in [0.15, 0.2) is 0 Å². The molecule has 0 aliphatic rings. The third-order valence-corrected chi connectivity index (χ3v) is 4.33. The van der Waals surface area contributed by atoms with Gasteiger partial charge in [0.25, 0.3) is 0 Å². The second kappa shape index (κ2) is 6.91. The number of hydrogen-bond acceptors (Lipinski definition) is 4. The van der Waals surface area contributed by atoms with Crippen LogP contribution >= 0.6 is 22.9 Å². The lowest BCUT2D eigenvalue weighted by atomic mass is 10.2. The minimum atomic E-state index is -0.114. The fraction of sp³-hybridized carbons (Fsp3) is 0.333. The van der Waals surface area contributed by atoms with E-state index in [2.05, 4.69) is 24.1 Å². The minimum Gasteiger partial charge on any atom is -0.495 e. The number of anilines is 1. The number of thiazole rings is 1. The van der Waals surface area contributed by atoms with Gasteiger partial charge in [0, 0.05) is 17.0 Å². The number of nitrogens with zero attached hydrogens (tertiary/aromatic N) is 1. The van der Waals surface area contributed by atoms with Crippen molar-refractivity contribution in [2.24, 2.45) is 0 Å². The van der Waals surface area contributed by atoms with Crippen LogP contribution in [0, 0.1) is 0 Å². The summed E-state index contributed by atoms with van der Waals surface area (Å²) in [5.41, 5.74) is 1.44. The van der Waals surface area contributed by atoms with E-state index in [9.17, 15) is 4.79 Å². The predicted molar refractivity (Wildman–Crippen MR) is 86.5 cm³/mol. The SMILES string of the molecule is COc1ccc(NC(=O)Cc2csc(C(C)C)n2)cc1Cl. The molecule has 0 aliphatic carbocycles. The molecule has 21 heavy (non-hydrogen) atoms. The summed E-state index contributed by atoms with van der Waals surface area (Å²) in [5, 5.41) is 6.24. The van der Waals surface area contributed by atoms with E-state index in [0.717, 1.165) is 10.7 Å². The van der Waals surface area contributed by atoms with Gasteiger partial charge < -0.3 is 10.1 Å². The molecular formula is C15H17ClN2O2S. The van der Waals surface area contributed by atoms with Crippen LogP contribution < -0.4 is 10.1 Å². The number of hydrogen-bond donors (Lipinski definition) is 1. The van der Waals surface area contributed by atoms with Crippen molar-refractivity contribution in [2.45, 2.75) is 26.2 Å². The molecule has 1 aromatic carbocycles. The van der Waals surface area contributed by atoms with Gasteiger partial charge in [0.1, 0.15) is 5.75 Å². The van der Waals surface area contributed by atoms with Crippen molar-refractivity contribution in [3.05, 3.63) is 39.3 Å². The Kier molecular flexibility index (Phi) is 5.20. The van der Waals surface area contributed by atoms with Gasteiger partial charge in [-0.1, -0.05) is 25.4 Å². The van der Waals surface area contributed by atoms with E-state index < -0.39 is 0 Å². The minimum absolute atomic E-state index is 0.114. The highest BCUT2D eigenvalue weighted by Crippen LogP contribution is 2.27. The number of halogens is 1. The summed E-state index contributed by atoms with van der Waals surface area (Å²) in [4.78, 5) is 16.5. The maximum atomic E-state index is 12.0. The number of methoxy groups -OCH3 is 1. The second-order valence-electron chi connectivity index (χ2n) is 4.91. The average Bonchev–Trinajstić information content (AvgIpc) is 2.87. The third kappa shape index (κ3) is 4.19. The molecule has 112 valence electrons. The summed E-state index contributed by atoms with van der Waals surface area (Å²) in [6, 6.07) is 5.14. The molecule has 2 aromatic rings. The molecular weight excluding hydrogens is 308 g/mol. The van der Waals surface area contributed by atoms with Gasteiger partial charge in [-0.2, -0.15) is 0 Å². The first-order valence-electron chi connectivity index (χ1n) is 6.57. The Balaban J connectivity index is 1.99. The molecule has 1 heterocycles. The van der Waals surface area contributed by atoms with Gasteiger partial charge in [0.05, 0.1) is 29.3 Å². The summed E-state index contributed by atoms with van der Waals surface area (Å²) in [5.74, 6) is 0.847. The Hall–Kier alpha value is -1.59. The van der Waals surface area contributed by atoms with Crippen LogP contribution in [0.25, 0.3) is 0 Å². The highest BCUT2D eigenvalue weighted by molar-refractivity contribution is 7.09. The fourth-order valence-corrected chi connectivity index (χ4v) is 2.88. The zero-order valence-corrected chi connectivity index (χ0v) is 13.7. The predicted octanol–water partition coefficient (Wildman–Crippen LogP) is 4.11. The molecule has 2 rings (SSSR count). The largest absolute Gasteiger partial charge is 0.495 e. The average molecular weight is 325 g/mol. The highest BCUT2D eigenvalue weighted by Gasteiger charge is 2.11. The van der Waals surface area contributed by atoms with E-state index in [1.54, 1.807) is 36.6 Å². The molecule has 0 unspecified atom stereocenters. The van der Waals surface area contributed by atoms with Crippen LogP contribution in [0.3, 0.4) is 0 Å². The molecule has 0 atom stereocenters. The number of benzene rings is 1. The lowest BCUT2D eigenvalue weighted by molar-refractivity contribution is -0.115. The van der Waals surface area contributed by atoms with Crippen LogP contribution in [-0.2, 0) is 11.2 Å². The molecule has 6 heteroatoms. The van der Waals surface area contributed by atoms with Crippen LogP contribution in [0.15, 0.2) is 23.6 Å². The first-order chi connectivity index (χ1) is 9.99. The number of carbonyl (C=O) groups is 1. The Labute approximate surface area is 133 Å². The van der Waals surface area contributed by atoms with Gasteiger partial charge >= 0.3 is 0 Å². The quantitative estimate of drug-likeness (QED) is 0.900. The van der Waals surface area contributed by atoms with E-state index in [4.69, 9.17) is 16.3 Å². The van der Waals surface area contributed by atoms with Crippen molar-refractivity contribution < 1.29 is 9.53 Å². The fourth-order valence-electron chi connectivity index (χ4n) is 1.78. The summed E-state index contributed by atoms with van der Waals surface area (Å²) >= 11 is 7.61. The van der Waals surface area contributed by atoms with Crippen molar-refractivity contribution in [1.29, 1.82) is 0 Å². The van der Waals surface area contributed by atoms with Gasteiger partial charge in [0.2, 0.25) is 5.91 Å². The van der Waals surface area contributed by atoms with E-state index >= 15 is 0 Å². The monoisotopic (exact) mass is 324 g/mol. The van der Waals surface area contributed by atoms with Crippen LogP contribution in [0.2, 0.25) is 5.02 Å². The molecule has 0 radical (unpaired) electrons. The van der Waals surface area contributed by atoms with E-state index in [1.165, 1.54) is 0 Å². The van der Waals surface area contributed by atoms with E-state index in [0.29, 0.717) is 22.4 Å². The van der Waals surface area contributed by atoms with Crippen molar-refractivity contribution in [1.82, 2.24) is 4.98 Å². The Morgan fingerprint density at radius 3 is 2.81 bits per heavy atom. The Bertz CT molecular complexity index is 640. The van der Waals surface area contributed by atoms with Gasteiger partial charge in [-0.05, 0) is 18.2 Å². The molecule has 1 N–H and O–H groups in total. The standard InChI is InChI=1S/C15H17ClN2O2S/c1-9(2)15-18-11(8-21-15)7-14(19)17-10-4-5-13(20-3)12(16)6-10/h4-6,8-9H,7H2,1-3H3,(H,17,19). The van der Waals surface area contributed by atoms with Crippen LogP contribution in [0.5, 0.6) is 5.75 Å². The zero-order chi connectivity index (χ0) is 15.4. The van der Waals surface area contributed by atoms with E-state index in [-0.39, 0.29) is 12.3 Å². The lowest BCUT2D eigenvalue weighted by Gasteiger charge is -2.07. The Morgan fingerprint density at radius 1 is 1.48 bits per heavy atom. The summed E-state index contributed by atoms with van der Waals surface area (Å²) in [6.07, 6.45) is 0.257. The molecule has 1 amide bonds. The van der Waals surface area contributed by atoms with Crippen LogP contribution in [0.4, 0.5) is 5.69 Å². The number of nitrogens with one attached hydrogen (secondary N) is 1. The third-order valence-electron chi connectivity index (χ3n) is 2.84. The molecule has 0 fully saturated rings. The molecule has 1 aromatic heterocycles. The smallest absolute Gasteiger partial charge is 0.230 e. The molecule has 0 saturated carbocycles. The summed E-state index contributed by atoms with van der Waals surface area (Å²) in [7, 11) is 1.55. The van der Waals surface area contributed by atoms with Gasteiger partial charge in [-0.15, -0.1) is 11.3 Å². The molecule has 4 nitrogen and oxygen atoms in total. The topological polar surface area (TPSA) is 51.2 Å². The number of carbonyl (C=O) groups excluding carboxylic acids is 1. The molecule has 0 aliphatic heterocycles. The normalized spacial score (nSPS) is 10.7. The number of rotatable bonds is 5. The summed E-state index contributed by atoms with van der Waals surface area (Å²) in [6.45, 7) is 4.17. The highest BCUT2D eigenvalue weighted by atomic mass is 35.5. The number of amides is 1.